The van der Waals surface area contributed by atoms with Crippen LogP contribution in [0.2, 0.25) is 0 Å². The second-order valence-corrected chi connectivity index (χ2v) is 6.66. The summed E-state index contributed by atoms with van der Waals surface area (Å²) in [6, 6.07) is 9.88. The maximum Gasteiger partial charge on any atom is 0.339 e. The molecule has 1 aliphatic rings. The Bertz CT molecular complexity index is 811. The lowest BCUT2D eigenvalue weighted by Crippen LogP contribution is -2.16. The highest BCUT2D eigenvalue weighted by Crippen LogP contribution is 2.33. The Morgan fingerprint density at radius 2 is 1.68 bits per heavy atom. The maximum atomic E-state index is 12.4. The number of benzene rings is 2. The number of hydrogen-bond acceptors (Lipinski definition) is 5. The van der Waals surface area contributed by atoms with E-state index in [0.29, 0.717) is 30.5 Å². The largest absolute Gasteiger partial charge is 0.486 e. The number of ether oxygens (including phenoxy) is 2. The number of hydrogen-bond donors (Lipinski definition) is 0. The van der Waals surface area contributed by atoms with Crippen LogP contribution in [0.3, 0.4) is 0 Å². The molecule has 0 N–H and O–H groups in total. The van der Waals surface area contributed by atoms with Gasteiger partial charge >= 0.3 is 10.1 Å². The van der Waals surface area contributed by atoms with Gasteiger partial charge in [0, 0.05) is 6.07 Å². The van der Waals surface area contributed by atoms with Gasteiger partial charge in [-0.25, -0.2) is 0 Å². The summed E-state index contributed by atoms with van der Waals surface area (Å²) in [4.78, 5) is 0.0395. The Hall–Kier alpha value is -2.21. The molecule has 0 aliphatic carbocycles. The summed E-state index contributed by atoms with van der Waals surface area (Å²) in [7, 11) is -3.92. The molecule has 0 bridgehead atoms. The first kappa shape index (κ1) is 14.7. The third-order valence-corrected chi connectivity index (χ3v) is 4.58. The number of fused-ring (bicyclic) bond motifs is 1. The van der Waals surface area contributed by atoms with Gasteiger partial charge in [0.1, 0.15) is 23.9 Å². The SMILES string of the molecule is Cc1ccc(C)c(OS(=O)(=O)c2ccc3c(c2)OCCO3)c1. The van der Waals surface area contributed by atoms with E-state index in [1.54, 1.807) is 19.1 Å². The number of aryl methyl sites for hydroxylation is 2. The van der Waals surface area contributed by atoms with Crippen LogP contribution in [0, 0.1) is 13.8 Å². The first-order valence-electron chi connectivity index (χ1n) is 6.87. The highest BCUT2D eigenvalue weighted by Gasteiger charge is 2.21. The van der Waals surface area contributed by atoms with Crippen LogP contribution in [-0.2, 0) is 10.1 Å². The molecule has 1 aliphatic heterocycles. The molecule has 2 aromatic carbocycles. The Morgan fingerprint density at radius 1 is 0.955 bits per heavy atom. The minimum absolute atomic E-state index is 0.0395. The molecule has 0 unspecified atom stereocenters. The fourth-order valence-electron chi connectivity index (χ4n) is 2.14. The predicted octanol–water partition coefficient (Wildman–Crippen LogP) is 2.84. The summed E-state index contributed by atoms with van der Waals surface area (Å²) in [5.74, 6) is 1.28. The van der Waals surface area contributed by atoms with Crippen LogP contribution < -0.4 is 13.7 Å². The van der Waals surface area contributed by atoms with Crippen LogP contribution in [0.25, 0.3) is 0 Å². The lowest BCUT2D eigenvalue weighted by Gasteiger charge is -2.19. The van der Waals surface area contributed by atoms with Crippen molar-refractivity contribution in [3.63, 3.8) is 0 Å². The van der Waals surface area contributed by atoms with Gasteiger partial charge in [-0.2, -0.15) is 8.42 Å². The molecular weight excluding hydrogens is 304 g/mol. The van der Waals surface area contributed by atoms with Crippen molar-refractivity contribution in [3.8, 4) is 17.2 Å². The lowest BCUT2D eigenvalue weighted by atomic mass is 10.1. The molecule has 0 fully saturated rings. The minimum atomic E-state index is -3.92. The van der Waals surface area contributed by atoms with Crippen molar-refractivity contribution in [1.82, 2.24) is 0 Å². The van der Waals surface area contributed by atoms with Crippen LogP contribution in [0.5, 0.6) is 17.2 Å². The van der Waals surface area contributed by atoms with E-state index in [0.717, 1.165) is 11.1 Å². The summed E-state index contributed by atoms with van der Waals surface area (Å²) >= 11 is 0. The summed E-state index contributed by atoms with van der Waals surface area (Å²) < 4.78 is 40.9. The molecule has 0 spiro atoms. The normalized spacial score (nSPS) is 13.7. The highest BCUT2D eigenvalue weighted by molar-refractivity contribution is 7.87. The third kappa shape index (κ3) is 2.87. The van der Waals surface area contributed by atoms with E-state index in [-0.39, 0.29) is 4.90 Å². The molecule has 6 heteroatoms. The van der Waals surface area contributed by atoms with Crippen LogP contribution in [0.15, 0.2) is 41.3 Å². The predicted molar refractivity (Wildman–Crippen MR) is 81.2 cm³/mol. The molecule has 1 heterocycles. The Labute approximate surface area is 129 Å². The standard InChI is InChI=1S/C16H16O5S/c1-11-3-4-12(2)15(9-11)21-22(17,18)13-5-6-14-16(10-13)20-8-7-19-14/h3-6,9-10H,7-8H2,1-2H3. The molecule has 116 valence electrons. The van der Waals surface area contributed by atoms with Gasteiger partial charge < -0.3 is 13.7 Å². The van der Waals surface area contributed by atoms with Crippen molar-refractivity contribution in [2.45, 2.75) is 18.7 Å². The van der Waals surface area contributed by atoms with E-state index >= 15 is 0 Å². The molecule has 5 nitrogen and oxygen atoms in total. The minimum Gasteiger partial charge on any atom is -0.486 e. The molecule has 0 saturated heterocycles. The molecule has 22 heavy (non-hydrogen) atoms. The van der Waals surface area contributed by atoms with Crippen molar-refractivity contribution in [2.75, 3.05) is 13.2 Å². The van der Waals surface area contributed by atoms with Crippen LogP contribution in [0.4, 0.5) is 0 Å². The van der Waals surface area contributed by atoms with Crippen LogP contribution in [0.1, 0.15) is 11.1 Å². The van der Waals surface area contributed by atoms with E-state index < -0.39 is 10.1 Å². The fourth-order valence-corrected chi connectivity index (χ4v) is 3.14. The summed E-state index contributed by atoms with van der Waals surface area (Å²) in [5.41, 5.74) is 1.68. The van der Waals surface area contributed by atoms with Crippen molar-refractivity contribution >= 4 is 10.1 Å². The van der Waals surface area contributed by atoms with Gasteiger partial charge in [0.05, 0.1) is 0 Å². The molecule has 0 radical (unpaired) electrons. The fraction of sp³-hybridized carbons (Fsp3) is 0.250. The zero-order valence-corrected chi connectivity index (χ0v) is 13.1. The highest BCUT2D eigenvalue weighted by atomic mass is 32.2. The van der Waals surface area contributed by atoms with Gasteiger partial charge in [-0.15, -0.1) is 0 Å². The van der Waals surface area contributed by atoms with E-state index in [9.17, 15) is 8.42 Å². The van der Waals surface area contributed by atoms with Crippen molar-refractivity contribution in [1.29, 1.82) is 0 Å². The Morgan fingerprint density at radius 3 is 2.45 bits per heavy atom. The molecule has 3 rings (SSSR count). The van der Waals surface area contributed by atoms with Crippen molar-refractivity contribution in [2.24, 2.45) is 0 Å². The van der Waals surface area contributed by atoms with Gasteiger partial charge in [0.2, 0.25) is 0 Å². The quantitative estimate of drug-likeness (QED) is 0.814. The maximum absolute atomic E-state index is 12.4. The van der Waals surface area contributed by atoms with E-state index in [1.165, 1.54) is 12.1 Å². The Balaban J connectivity index is 1.94. The van der Waals surface area contributed by atoms with E-state index in [2.05, 4.69) is 0 Å². The second-order valence-electron chi connectivity index (χ2n) is 5.11. The van der Waals surface area contributed by atoms with E-state index in [1.807, 2.05) is 19.1 Å². The summed E-state index contributed by atoms with van der Waals surface area (Å²) in [6.45, 7) is 4.53. The Kier molecular flexibility index (Phi) is 3.70. The van der Waals surface area contributed by atoms with Gasteiger partial charge in [-0.3, -0.25) is 0 Å². The zero-order valence-electron chi connectivity index (χ0n) is 12.3. The molecule has 0 amide bonds. The van der Waals surface area contributed by atoms with Gasteiger partial charge in [-0.1, -0.05) is 12.1 Å². The first-order chi connectivity index (χ1) is 10.5. The molecule has 2 aromatic rings. The second kappa shape index (κ2) is 5.53. The summed E-state index contributed by atoms with van der Waals surface area (Å²) in [6.07, 6.45) is 0. The topological polar surface area (TPSA) is 61.8 Å². The molecule has 0 atom stereocenters. The number of rotatable bonds is 3. The summed E-state index contributed by atoms with van der Waals surface area (Å²) in [5, 5.41) is 0. The zero-order chi connectivity index (χ0) is 15.7. The monoisotopic (exact) mass is 320 g/mol. The van der Waals surface area contributed by atoms with Crippen LogP contribution >= 0.6 is 0 Å². The molecule has 0 aromatic heterocycles. The molecule has 0 saturated carbocycles. The first-order valence-corrected chi connectivity index (χ1v) is 8.28. The van der Waals surface area contributed by atoms with E-state index in [4.69, 9.17) is 13.7 Å². The van der Waals surface area contributed by atoms with Gasteiger partial charge in [0.15, 0.2) is 11.5 Å². The average Bonchev–Trinajstić information content (AvgIpc) is 2.50. The molecular formula is C16H16O5S. The van der Waals surface area contributed by atoms with Crippen LogP contribution in [-0.4, -0.2) is 21.6 Å². The third-order valence-electron chi connectivity index (χ3n) is 3.35. The van der Waals surface area contributed by atoms with Crippen molar-refractivity contribution in [3.05, 3.63) is 47.5 Å². The smallest absolute Gasteiger partial charge is 0.339 e. The van der Waals surface area contributed by atoms with Crippen molar-refractivity contribution < 1.29 is 22.1 Å². The van der Waals surface area contributed by atoms with Gasteiger partial charge in [-0.05, 0) is 43.2 Å². The van der Waals surface area contributed by atoms with Gasteiger partial charge in [0.25, 0.3) is 0 Å². The average molecular weight is 320 g/mol. The lowest BCUT2D eigenvalue weighted by molar-refractivity contribution is 0.171.